The number of fused-ring (bicyclic) bond motifs is 1. The predicted molar refractivity (Wildman–Crippen MR) is 91.1 cm³/mol. The molecule has 0 spiro atoms. The minimum Gasteiger partial charge on any atom is -0.454 e. The summed E-state index contributed by atoms with van der Waals surface area (Å²) in [6.45, 7) is 0.0242. The standard InChI is InChI=1S/C16H15ClN2O5S/c17-12-3-1-2-4-15(12)25(21,22)19-9-16(20)18-8-11-5-6-13-14(7-11)24-10-23-13/h1-7,19H,8-10H2,(H,18,20). The van der Waals surface area contributed by atoms with Gasteiger partial charge in [0.2, 0.25) is 22.7 Å². The number of sulfonamides is 1. The van der Waals surface area contributed by atoms with Crippen LogP contribution < -0.4 is 19.5 Å². The van der Waals surface area contributed by atoms with Crippen LogP contribution in [0.25, 0.3) is 0 Å². The van der Waals surface area contributed by atoms with Crippen molar-refractivity contribution in [2.75, 3.05) is 13.3 Å². The quantitative estimate of drug-likeness (QED) is 0.792. The lowest BCUT2D eigenvalue weighted by atomic mass is 10.2. The van der Waals surface area contributed by atoms with Crippen molar-refractivity contribution < 1.29 is 22.7 Å². The Morgan fingerprint density at radius 1 is 1.12 bits per heavy atom. The van der Waals surface area contributed by atoms with Gasteiger partial charge in [-0.2, -0.15) is 0 Å². The molecule has 2 aromatic rings. The van der Waals surface area contributed by atoms with E-state index in [1.807, 2.05) is 0 Å². The molecule has 1 aliphatic heterocycles. The summed E-state index contributed by atoms with van der Waals surface area (Å²) >= 11 is 5.87. The summed E-state index contributed by atoms with van der Waals surface area (Å²) in [6.07, 6.45) is 0. The monoisotopic (exact) mass is 382 g/mol. The first kappa shape index (κ1) is 17.5. The highest BCUT2D eigenvalue weighted by atomic mass is 35.5. The summed E-state index contributed by atoms with van der Waals surface area (Å²) in [7, 11) is -3.86. The maximum absolute atomic E-state index is 12.2. The summed E-state index contributed by atoms with van der Waals surface area (Å²) in [6, 6.07) is 11.3. The van der Waals surface area contributed by atoms with Gasteiger partial charge in [-0.25, -0.2) is 13.1 Å². The average molecular weight is 383 g/mol. The van der Waals surface area contributed by atoms with Crippen molar-refractivity contribution in [3.05, 3.63) is 53.1 Å². The molecule has 0 saturated heterocycles. The number of ether oxygens (including phenoxy) is 2. The number of rotatable bonds is 6. The van der Waals surface area contributed by atoms with Gasteiger partial charge in [-0.15, -0.1) is 0 Å². The number of nitrogens with one attached hydrogen (secondary N) is 2. The van der Waals surface area contributed by atoms with Crippen LogP contribution in [-0.4, -0.2) is 27.7 Å². The molecule has 25 heavy (non-hydrogen) atoms. The third-order valence-corrected chi connectivity index (χ3v) is 5.38. The van der Waals surface area contributed by atoms with Gasteiger partial charge in [0, 0.05) is 6.54 Å². The van der Waals surface area contributed by atoms with Crippen molar-refractivity contribution in [2.45, 2.75) is 11.4 Å². The zero-order valence-corrected chi connectivity index (χ0v) is 14.6. The number of amides is 1. The largest absolute Gasteiger partial charge is 0.454 e. The molecule has 7 nitrogen and oxygen atoms in total. The topological polar surface area (TPSA) is 93.7 Å². The maximum Gasteiger partial charge on any atom is 0.242 e. The minimum atomic E-state index is -3.86. The van der Waals surface area contributed by atoms with Gasteiger partial charge in [-0.05, 0) is 29.8 Å². The second kappa shape index (κ2) is 7.30. The van der Waals surface area contributed by atoms with Crippen LogP contribution in [0, 0.1) is 0 Å². The van der Waals surface area contributed by atoms with Gasteiger partial charge in [0.25, 0.3) is 0 Å². The number of halogens is 1. The van der Waals surface area contributed by atoms with Crippen LogP contribution in [0.2, 0.25) is 5.02 Å². The van der Waals surface area contributed by atoms with Crippen LogP contribution in [0.1, 0.15) is 5.56 Å². The van der Waals surface area contributed by atoms with E-state index in [2.05, 4.69) is 10.0 Å². The molecule has 0 unspecified atom stereocenters. The van der Waals surface area contributed by atoms with Crippen molar-refractivity contribution in [3.63, 3.8) is 0 Å². The number of hydrogen-bond donors (Lipinski definition) is 2. The fourth-order valence-corrected chi connectivity index (χ4v) is 3.71. The summed E-state index contributed by atoms with van der Waals surface area (Å²) in [4.78, 5) is 11.8. The Kier molecular flexibility index (Phi) is 5.12. The Hall–Kier alpha value is -2.29. The molecule has 0 bridgehead atoms. The fourth-order valence-electron chi connectivity index (χ4n) is 2.22. The molecule has 0 atom stereocenters. The molecule has 2 aromatic carbocycles. The smallest absolute Gasteiger partial charge is 0.242 e. The Morgan fingerprint density at radius 2 is 1.88 bits per heavy atom. The van der Waals surface area contributed by atoms with E-state index in [-0.39, 0.29) is 23.3 Å². The van der Waals surface area contributed by atoms with Gasteiger partial charge >= 0.3 is 0 Å². The second-order valence-electron chi connectivity index (χ2n) is 5.22. The van der Waals surface area contributed by atoms with E-state index in [1.54, 1.807) is 30.3 Å². The van der Waals surface area contributed by atoms with Crippen molar-refractivity contribution in [3.8, 4) is 11.5 Å². The molecule has 0 aliphatic carbocycles. The highest BCUT2D eigenvalue weighted by Gasteiger charge is 2.18. The first-order chi connectivity index (χ1) is 12.0. The van der Waals surface area contributed by atoms with E-state index in [4.69, 9.17) is 21.1 Å². The number of carbonyl (C=O) groups is 1. The lowest BCUT2D eigenvalue weighted by molar-refractivity contribution is -0.120. The summed E-state index contributed by atoms with van der Waals surface area (Å²) in [5.74, 6) is 0.807. The minimum absolute atomic E-state index is 0.0692. The Balaban J connectivity index is 1.54. The van der Waals surface area contributed by atoms with Crippen LogP contribution in [0.3, 0.4) is 0 Å². The van der Waals surface area contributed by atoms with Crippen LogP contribution in [-0.2, 0) is 21.4 Å². The van der Waals surface area contributed by atoms with E-state index in [0.717, 1.165) is 5.56 Å². The zero-order valence-electron chi connectivity index (χ0n) is 13.0. The van der Waals surface area contributed by atoms with Crippen molar-refractivity contribution in [1.82, 2.24) is 10.0 Å². The van der Waals surface area contributed by atoms with Crippen LogP contribution in [0.15, 0.2) is 47.4 Å². The normalized spacial score (nSPS) is 12.8. The van der Waals surface area contributed by atoms with E-state index in [9.17, 15) is 13.2 Å². The fraction of sp³-hybridized carbons (Fsp3) is 0.188. The molecule has 0 radical (unpaired) electrons. The molecule has 3 rings (SSSR count). The van der Waals surface area contributed by atoms with Crippen LogP contribution in [0.5, 0.6) is 11.5 Å². The third-order valence-electron chi connectivity index (χ3n) is 3.48. The zero-order chi connectivity index (χ0) is 17.9. The molecular formula is C16H15ClN2O5S. The Morgan fingerprint density at radius 3 is 2.68 bits per heavy atom. The van der Waals surface area contributed by atoms with E-state index >= 15 is 0 Å². The molecule has 2 N–H and O–H groups in total. The lowest BCUT2D eigenvalue weighted by Crippen LogP contribution is -2.36. The highest BCUT2D eigenvalue weighted by molar-refractivity contribution is 7.89. The van der Waals surface area contributed by atoms with E-state index < -0.39 is 22.5 Å². The SMILES string of the molecule is O=C(CNS(=O)(=O)c1ccccc1Cl)NCc1ccc2c(c1)OCO2. The Labute approximate surface area is 149 Å². The van der Waals surface area contributed by atoms with Crippen molar-refractivity contribution >= 4 is 27.5 Å². The number of hydrogen-bond acceptors (Lipinski definition) is 5. The molecule has 0 aromatic heterocycles. The predicted octanol–water partition coefficient (Wildman–Crippen LogP) is 1.66. The summed E-state index contributed by atoms with van der Waals surface area (Å²) in [5.41, 5.74) is 0.812. The van der Waals surface area contributed by atoms with Gasteiger partial charge in [0.1, 0.15) is 4.90 Å². The first-order valence-electron chi connectivity index (χ1n) is 7.35. The van der Waals surface area contributed by atoms with E-state index in [0.29, 0.717) is 11.5 Å². The molecule has 9 heteroatoms. The third kappa shape index (κ3) is 4.22. The molecule has 132 valence electrons. The molecule has 1 amide bonds. The molecule has 0 saturated carbocycles. The van der Waals surface area contributed by atoms with Gasteiger partial charge in [-0.1, -0.05) is 29.8 Å². The molecular weight excluding hydrogens is 368 g/mol. The van der Waals surface area contributed by atoms with Crippen LogP contribution >= 0.6 is 11.6 Å². The first-order valence-corrected chi connectivity index (χ1v) is 9.21. The second-order valence-corrected chi connectivity index (χ2v) is 7.36. The number of benzene rings is 2. The van der Waals surface area contributed by atoms with E-state index in [1.165, 1.54) is 12.1 Å². The lowest BCUT2D eigenvalue weighted by Gasteiger charge is -2.09. The van der Waals surface area contributed by atoms with Gasteiger partial charge < -0.3 is 14.8 Å². The molecule has 1 aliphatic rings. The van der Waals surface area contributed by atoms with Gasteiger partial charge in [-0.3, -0.25) is 4.79 Å². The van der Waals surface area contributed by atoms with Gasteiger partial charge in [0.05, 0.1) is 11.6 Å². The van der Waals surface area contributed by atoms with Crippen molar-refractivity contribution in [2.24, 2.45) is 0 Å². The van der Waals surface area contributed by atoms with Crippen molar-refractivity contribution in [1.29, 1.82) is 0 Å². The molecule has 0 fully saturated rings. The number of carbonyl (C=O) groups excluding carboxylic acids is 1. The highest BCUT2D eigenvalue weighted by Crippen LogP contribution is 2.32. The summed E-state index contributed by atoms with van der Waals surface area (Å²) in [5, 5.41) is 2.73. The average Bonchev–Trinajstić information content (AvgIpc) is 3.06. The summed E-state index contributed by atoms with van der Waals surface area (Å²) < 4.78 is 37.0. The van der Waals surface area contributed by atoms with Crippen LogP contribution in [0.4, 0.5) is 0 Å². The maximum atomic E-state index is 12.2. The van der Waals surface area contributed by atoms with Gasteiger partial charge in [0.15, 0.2) is 11.5 Å². The molecule has 1 heterocycles. The Bertz CT molecular complexity index is 901.